The first-order valence-corrected chi connectivity index (χ1v) is 5.30. The Hall–Kier alpha value is -1.27. The average Bonchev–Trinajstić information content (AvgIpc) is 2.85. The van der Waals surface area contributed by atoms with E-state index in [1.165, 1.54) is 0 Å². The van der Waals surface area contributed by atoms with Crippen LogP contribution in [0.1, 0.15) is 6.42 Å². The number of thiophene rings is 1. The number of rotatable bonds is 4. The predicted molar refractivity (Wildman–Crippen MR) is 54.8 cm³/mol. The largest absolute Gasteiger partial charge is 0.330 e. The second-order valence-corrected chi connectivity index (χ2v) is 3.78. The molecule has 0 aromatic carbocycles. The summed E-state index contributed by atoms with van der Waals surface area (Å²) >= 11 is 1.61. The molecule has 74 valence electrons. The van der Waals surface area contributed by atoms with Crippen LogP contribution in [0.5, 0.6) is 0 Å². The zero-order chi connectivity index (χ0) is 9.80. The second-order valence-electron chi connectivity index (χ2n) is 2.83. The fraction of sp³-hybridized carbons (Fsp3) is 0.375. The van der Waals surface area contributed by atoms with Crippen LogP contribution in [0.4, 0.5) is 0 Å². The van der Waals surface area contributed by atoms with E-state index in [0.29, 0.717) is 12.4 Å². The Morgan fingerprint density at radius 1 is 1.50 bits per heavy atom. The standard InChI is InChI=1S/C8H11N5S/c9-4-2-5-13-11-8(10-12-13)7-3-1-6-14-7/h1,3,6H,2,4-5,9H2. The van der Waals surface area contributed by atoms with E-state index in [9.17, 15) is 0 Å². The lowest BCUT2D eigenvalue weighted by Crippen LogP contribution is -2.08. The first-order chi connectivity index (χ1) is 6.90. The summed E-state index contributed by atoms with van der Waals surface area (Å²) < 4.78 is 0. The minimum atomic E-state index is 0.649. The second kappa shape index (κ2) is 4.30. The SMILES string of the molecule is NCCCn1nnc(-c2cccs2)n1. The van der Waals surface area contributed by atoms with Gasteiger partial charge in [-0.2, -0.15) is 4.80 Å². The lowest BCUT2D eigenvalue weighted by molar-refractivity contribution is 0.504. The van der Waals surface area contributed by atoms with Crippen molar-refractivity contribution >= 4 is 11.3 Å². The maximum absolute atomic E-state index is 5.39. The zero-order valence-corrected chi connectivity index (χ0v) is 8.44. The van der Waals surface area contributed by atoms with Gasteiger partial charge in [0.1, 0.15) is 0 Å². The fourth-order valence-electron chi connectivity index (χ4n) is 1.08. The molecule has 0 aliphatic heterocycles. The number of nitrogens with two attached hydrogens (primary N) is 1. The van der Waals surface area contributed by atoms with E-state index in [1.807, 2.05) is 17.5 Å². The maximum atomic E-state index is 5.39. The molecule has 2 heterocycles. The average molecular weight is 209 g/mol. The molecule has 0 bridgehead atoms. The maximum Gasteiger partial charge on any atom is 0.214 e. The van der Waals surface area contributed by atoms with Gasteiger partial charge in [0.15, 0.2) is 0 Å². The van der Waals surface area contributed by atoms with Gasteiger partial charge in [0.05, 0.1) is 11.4 Å². The molecule has 2 aromatic heterocycles. The van der Waals surface area contributed by atoms with Crippen molar-refractivity contribution in [3.63, 3.8) is 0 Å². The van der Waals surface area contributed by atoms with Crippen LogP contribution in [0, 0.1) is 0 Å². The van der Waals surface area contributed by atoms with Gasteiger partial charge < -0.3 is 5.73 Å². The Labute approximate surface area is 85.5 Å². The van der Waals surface area contributed by atoms with E-state index >= 15 is 0 Å². The van der Waals surface area contributed by atoms with Crippen LogP contribution in [-0.2, 0) is 6.54 Å². The van der Waals surface area contributed by atoms with Gasteiger partial charge in [0, 0.05) is 0 Å². The summed E-state index contributed by atoms with van der Waals surface area (Å²) in [7, 11) is 0. The molecule has 0 saturated carbocycles. The monoisotopic (exact) mass is 209 g/mol. The molecule has 0 unspecified atom stereocenters. The third kappa shape index (κ3) is 1.97. The highest BCUT2D eigenvalue weighted by molar-refractivity contribution is 7.13. The van der Waals surface area contributed by atoms with Gasteiger partial charge in [-0.05, 0) is 29.6 Å². The number of nitrogens with zero attached hydrogens (tertiary/aromatic N) is 4. The summed E-state index contributed by atoms with van der Waals surface area (Å²) in [6, 6.07) is 3.95. The summed E-state index contributed by atoms with van der Waals surface area (Å²) in [5, 5.41) is 14.1. The van der Waals surface area contributed by atoms with E-state index in [2.05, 4.69) is 15.4 Å². The highest BCUT2D eigenvalue weighted by Crippen LogP contribution is 2.19. The Kier molecular flexibility index (Phi) is 2.85. The van der Waals surface area contributed by atoms with Gasteiger partial charge in [-0.1, -0.05) is 6.07 Å². The predicted octanol–water partition coefficient (Wildman–Crippen LogP) is 0.750. The van der Waals surface area contributed by atoms with Gasteiger partial charge in [0.2, 0.25) is 5.82 Å². The summed E-state index contributed by atoms with van der Waals surface area (Å²) in [6.07, 6.45) is 0.875. The molecule has 5 nitrogen and oxygen atoms in total. The van der Waals surface area contributed by atoms with E-state index in [-0.39, 0.29) is 0 Å². The van der Waals surface area contributed by atoms with Crippen molar-refractivity contribution in [1.82, 2.24) is 20.2 Å². The van der Waals surface area contributed by atoms with Crippen molar-refractivity contribution in [2.45, 2.75) is 13.0 Å². The van der Waals surface area contributed by atoms with Gasteiger partial charge in [-0.25, -0.2) is 0 Å². The van der Waals surface area contributed by atoms with Gasteiger partial charge in [-0.3, -0.25) is 0 Å². The van der Waals surface area contributed by atoms with Crippen molar-refractivity contribution < 1.29 is 0 Å². The molecule has 0 radical (unpaired) electrons. The van der Waals surface area contributed by atoms with Gasteiger partial charge >= 0.3 is 0 Å². The molecule has 0 amide bonds. The minimum absolute atomic E-state index is 0.649. The zero-order valence-electron chi connectivity index (χ0n) is 7.63. The molecule has 0 aliphatic rings. The van der Waals surface area contributed by atoms with Crippen LogP contribution in [0.2, 0.25) is 0 Å². The van der Waals surface area contributed by atoms with E-state index in [1.54, 1.807) is 16.1 Å². The number of hydrogen-bond acceptors (Lipinski definition) is 5. The number of hydrogen-bond donors (Lipinski definition) is 1. The third-order valence-electron chi connectivity index (χ3n) is 1.76. The van der Waals surface area contributed by atoms with Crippen LogP contribution < -0.4 is 5.73 Å². The Balaban J connectivity index is 2.10. The minimum Gasteiger partial charge on any atom is -0.330 e. The Morgan fingerprint density at radius 2 is 2.43 bits per heavy atom. The third-order valence-corrected chi connectivity index (χ3v) is 2.62. The molecule has 0 fully saturated rings. The molecule has 0 spiro atoms. The number of aromatic nitrogens is 4. The van der Waals surface area contributed by atoms with Crippen LogP contribution in [0.3, 0.4) is 0 Å². The van der Waals surface area contributed by atoms with Gasteiger partial charge in [0.25, 0.3) is 0 Å². The Morgan fingerprint density at radius 3 is 3.14 bits per heavy atom. The molecule has 6 heteroatoms. The molecule has 2 aromatic rings. The molecule has 0 saturated heterocycles. The molecule has 2 rings (SSSR count). The molecular weight excluding hydrogens is 198 g/mol. The Bertz CT molecular complexity index is 380. The first kappa shape index (κ1) is 9.29. The lowest BCUT2D eigenvalue weighted by atomic mass is 10.4. The van der Waals surface area contributed by atoms with Crippen LogP contribution in [0.25, 0.3) is 10.7 Å². The normalized spacial score (nSPS) is 10.6. The topological polar surface area (TPSA) is 69.6 Å². The van der Waals surface area contributed by atoms with Crippen LogP contribution in [-0.4, -0.2) is 26.8 Å². The number of tetrazole rings is 1. The first-order valence-electron chi connectivity index (χ1n) is 4.42. The summed E-state index contributed by atoms with van der Waals surface area (Å²) in [4.78, 5) is 2.63. The summed E-state index contributed by atoms with van der Waals surface area (Å²) in [5.74, 6) is 0.692. The highest BCUT2D eigenvalue weighted by Gasteiger charge is 2.05. The quantitative estimate of drug-likeness (QED) is 0.806. The number of aryl methyl sites for hydroxylation is 1. The van der Waals surface area contributed by atoms with Crippen molar-refractivity contribution in [2.24, 2.45) is 5.73 Å². The molecular formula is C8H11N5S. The molecule has 2 N–H and O–H groups in total. The van der Waals surface area contributed by atoms with Gasteiger partial charge in [-0.15, -0.1) is 21.5 Å². The lowest BCUT2D eigenvalue weighted by Gasteiger charge is -1.93. The highest BCUT2D eigenvalue weighted by atomic mass is 32.1. The molecule has 0 atom stereocenters. The van der Waals surface area contributed by atoms with E-state index in [0.717, 1.165) is 17.8 Å². The van der Waals surface area contributed by atoms with E-state index in [4.69, 9.17) is 5.73 Å². The van der Waals surface area contributed by atoms with Crippen molar-refractivity contribution in [3.8, 4) is 10.7 Å². The summed E-state index contributed by atoms with van der Waals surface area (Å²) in [6.45, 7) is 1.38. The van der Waals surface area contributed by atoms with Crippen LogP contribution in [0.15, 0.2) is 17.5 Å². The molecule has 14 heavy (non-hydrogen) atoms. The van der Waals surface area contributed by atoms with Crippen molar-refractivity contribution in [3.05, 3.63) is 17.5 Å². The van der Waals surface area contributed by atoms with E-state index < -0.39 is 0 Å². The molecule has 0 aliphatic carbocycles. The van der Waals surface area contributed by atoms with Crippen molar-refractivity contribution in [1.29, 1.82) is 0 Å². The van der Waals surface area contributed by atoms with Crippen molar-refractivity contribution in [2.75, 3.05) is 6.54 Å². The summed E-state index contributed by atoms with van der Waals surface area (Å²) in [5.41, 5.74) is 5.39. The fourth-order valence-corrected chi connectivity index (χ4v) is 1.72. The van der Waals surface area contributed by atoms with Crippen LogP contribution >= 0.6 is 11.3 Å². The smallest absolute Gasteiger partial charge is 0.214 e.